The highest BCUT2D eigenvalue weighted by Gasteiger charge is 2.43. The Labute approximate surface area is 78.1 Å². The molecule has 1 radical (unpaired) electrons. The van der Waals surface area contributed by atoms with Gasteiger partial charge in [-0.2, -0.15) is 8.78 Å². The average Bonchev–Trinajstić information content (AvgIpc) is 2.55. The monoisotopic (exact) mass is 188 g/mol. The van der Waals surface area contributed by atoms with Crippen LogP contribution < -0.4 is 0 Å². The highest BCUT2D eigenvalue weighted by Crippen LogP contribution is 2.41. The summed E-state index contributed by atoms with van der Waals surface area (Å²) in [6.07, 6.45) is 5.65. The molecule has 2 fully saturated rings. The van der Waals surface area contributed by atoms with Crippen molar-refractivity contribution in [2.75, 3.05) is 6.54 Å². The zero-order chi connectivity index (χ0) is 9.31. The zero-order valence-corrected chi connectivity index (χ0v) is 7.86. The number of alkyl halides is 2. The molecule has 1 aliphatic heterocycles. The Morgan fingerprint density at radius 1 is 1.00 bits per heavy atom. The van der Waals surface area contributed by atoms with Crippen LogP contribution in [-0.4, -0.2) is 17.5 Å². The van der Waals surface area contributed by atoms with Gasteiger partial charge in [0.25, 0.3) is 0 Å². The Kier molecular flexibility index (Phi) is 2.54. The van der Waals surface area contributed by atoms with Gasteiger partial charge < -0.3 is 0 Å². The topological polar surface area (TPSA) is 3.24 Å². The minimum atomic E-state index is -2.54. The molecular formula is C10H16F2N. The second kappa shape index (κ2) is 3.52. The fraction of sp³-hybridized carbons (Fsp3) is 0.900. The van der Waals surface area contributed by atoms with Gasteiger partial charge in [0, 0.05) is 19.0 Å². The summed E-state index contributed by atoms with van der Waals surface area (Å²) in [6.45, 7) is 0.572. The lowest BCUT2D eigenvalue weighted by Gasteiger charge is -2.38. The first kappa shape index (κ1) is 9.38. The molecule has 2 aliphatic rings. The van der Waals surface area contributed by atoms with Crippen molar-refractivity contribution in [2.24, 2.45) is 0 Å². The lowest BCUT2D eigenvalue weighted by atomic mass is 10.1. The van der Waals surface area contributed by atoms with Gasteiger partial charge in [-0.15, -0.1) is 0 Å². The molecular weight excluding hydrogens is 172 g/mol. The molecule has 75 valence electrons. The van der Waals surface area contributed by atoms with E-state index in [9.17, 15) is 8.78 Å². The van der Waals surface area contributed by atoms with Crippen molar-refractivity contribution in [1.29, 1.82) is 0 Å². The van der Waals surface area contributed by atoms with Crippen LogP contribution in [0.2, 0.25) is 0 Å². The molecule has 0 aromatic carbocycles. The van der Waals surface area contributed by atoms with Crippen molar-refractivity contribution in [2.45, 2.75) is 51.0 Å². The number of piperidine rings is 1. The third kappa shape index (κ3) is 1.85. The molecule has 0 aromatic heterocycles. The van der Waals surface area contributed by atoms with Gasteiger partial charge in [0.05, 0.1) is 0 Å². The van der Waals surface area contributed by atoms with Gasteiger partial charge in [0.2, 0.25) is 0 Å². The molecule has 1 aliphatic carbocycles. The summed E-state index contributed by atoms with van der Waals surface area (Å²) in [6, 6.07) is -1.54. The van der Waals surface area contributed by atoms with Gasteiger partial charge in [-0.3, -0.25) is 0 Å². The van der Waals surface area contributed by atoms with Gasteiger partial charge in [-0.1, -0.05) is 12.8 Å². The molecule has 0 atom stereocenters. The van der Waals surface area contributed by atoms with Gasteiger partial charge >= 0.3 is 6.05 Å². The van der Waals surface area contributed by atoms with Gasteiger partial charge in [0.15, 0.2) is 0 Å². The van der Waals surface area contributed by atoms with Crippen LogP contribution in [0.5, 0.6) is 0 Å². The summed E-state index contributed by atoms with van der Waals surface area (Å²) in [5.41, 5.74) is 0. The average molecular weight is 188 g/mol. The predicted molar refractivity (Wildman–Crippen MR) is 47.2 cm³/mol. The number of rotatable bonds is 1. The van der Waals surface area contributed by atoms with Crippen LogP contribution in [0.3, 0.4) is 0 Å². The molecule has 1 nitrogen and oxygen atoms in total. The Hall–Kier alpha value is -0.180. The van der Waals surface area contributed by atoms with Gasteiger partial charge in [0.1, 0.15) is 0 Å². The van der Waals surface area contributed by atoms with Crippen LogP contribution in [0.25, 0.3) is 0 Å². The van der Waals surface area contributed by atoms with E-state index in [1.165, 1.54) is 4.90 Å². The minimum Gasteiger partial charge on any atom is -0.237 e. The lowest BCUT2D eigenvalue weighted by Crippen LogP contribution is -2.46. The van der Waals surface area contributed by atoms with E-state index < -0.39 is 6.05 Å². The van der Waals surface area contributed by atoms with Crippen molar-refractivity contribution < 1.29 is 8.78 Å². The SMILES string of the molecule is FC1(F)CCCCN1[C]1CCCC1. The summed E-state index contributed by atoms with van der Waals surface area (Å²) in [5.74, 6) is 0. The Balaban J connectivity index is 2.02. The van der Waals surface area contributed by atoms with E-state index in [1.807, 2.05) is 0 Å². The molecule has 0 N–H and O–H groups in total. The summed E-state index contributed by atoms with van der Waals surface area (Å²) in [7, 11) is 0. The second-order valence-corrected chi connectivity index (χ2v) is 4.05. The zero-order valence-electron chi connectivity index (χ0n) is 7.86. The fourth-order valence-electron chi connectivity index (χ4n) is 2.35. The third-order valence-electron chi connectivity index (χ3n) is 3.07. The van der Waals surface area contributed by atoms with Crippen molar-refractivity contribution in [1.82, 2.24) is 4.90 Å². The van der Waals surface area contributed by atoms with E-state index in [4.69, 9.17) is 0 Å². The van der Waals surface area contributed by atoms with E-state index in [0.29, 0.717) is 13.0 Å². The molecule has 13 heavy (non-hydrogen) atoms. The smallest absolute Gasteiger partial charge is 0.237 e. The molecule has 1 heterocycles. The van der Waals surface area contributed by atoms with Crippen molar-refractivity contribution in [3.8, 4) is 0 Å². The quantitative estimate of drug-likeness (QED) is 0.571. The van der Waals surface area contributed by atoms with E-state index >= 15 is 0 Å². The summed E-state index contributed by atoms with van der Waals surface area (Å²) in [4.78, 5) is 1.38. The normalized spacial score (nSPS) is 30.9. The fourth-order valence-corrected chi connectivity index (χ4v) is 2.35. The molecule has 3 heteroatoms. The number of nitrogens with zero attached hydrogens (tertiary/aromatic N) is 1. The van der Waals surface area contributed by atoms with Gasteiger partial charge in [-0.25, -0.2) is 4.90 Å². The minimum absolute atomic E-state index is 0.0521. The maximum absolute atomic E-state index is 13.4. The molecule has 0 unspecified atom stereocenters. The maximum Gasteiger partial charge on any atom is 0.305 e. The van der Waals surface area contributed by atoms with Crippen molar-refractivity contribution in [3.05, 3.63) is 6.04 Å². The second-order valence-electron chi connectivity index (χ2n) is 4.05. The number of hydrogen-bond acceptors (Lipinski definition) is 1. The molecule has 0 spiro atoms. The lowest BCUT2D eigenvalue weighted by molar-refractivity contribution is -0.164. The van der Waals surface area contributed by atoms with E-state index in [0.717, 1.165) is 38.1 Å². The number of halogens is 2. The Morgan fingerprint density at radius 2 is 1.69 bits per heavy atom. The predicted octanol–water partition coefficient (Wildman–Crippen LogP) is 3.17. The first-order valence-electron chi connectivity index (χ1n) is 5.20. The highest BCUT2D eigenvalue weighted by atomic mass is 19.3. The van der Waals surface area contributed by atoms with Crippen LogP contribution in [-0.2, 0) is 0 Å². The van der Waals surface area contributed by atoms with Crippen LogP contribution >= 0.6 is 0 Å². The molecule has 1 saturated heterocycles. The van der Waals surface area contributed by atoms with Crippen molar-refractivity contribution in [3.63, 3.8) is 0 Å². The summed E-state index contributed by atoms with van der Waals surface area (Å²) < 4.78 is 26.9. The third-order valence-corrected chi connectivity index (χ3v) is 3.07. The first-order valence-corrected chi connectivity index (χ1v) is 5.20. The van der Waals surface area contributed by atoms with Crippen LogP contribution in [0.4, 0.5) is 8.78 Å². The number of hydrogen-bond donors (Lipinski definition) is 0. The highest BCUT2D eigenvalue weighted by molar-refractivity contribution is 4.98. The largest absolute Gasteiger partial charge is 0.305 e. The molecule has 0 aromatic rings. The van der Waals surface area contributed by atoms with Crippen LogP contribution in [0.15, 0.2) is 0 Å². The molecule has 0 bridgehead atoms. The molecule has 2 rings (SSSR count). The Morgan fingerprint density at radius 3 is 2.31 bits per heavy atom. The maximum atomic E-state index is 13.4. The van der Waals surface area contributed by atoms with Crippen LogP contribution in [0, 0.1) is 6.04 Å². The van der Waals surface area contributed by atoms with E-state index in [2.05, 4.69) is 0 Å². The first-order chi connectivity index (χ1) is 6.20. The van der Waals surface area contributed by atoms with E-state index in [-0.39, 0.29) is 6.42 Å². The molecule has 1 saturated carbocycles. The van der Waals surface area contributed by atoms with Crippen LogP contribution in [0.1, 0.15) is 44.9 Å². The molecule has 0 amide bonds. The summed E-state index contributed by atoms with van der Waals surface area (Å²) >= 11 is 0. The standard InChI is InChI=1S/C10H16F2N/c11-10(12)7-3-4-8-13(10)9-5-1-2-6-9/h1-8H2. The van der Waals surface area contributed by atoms with Gasteiger partial charge in [-0.05, 0) is 25.7 Å². The van der Waals surface area contributed by atoms with E-state index in [1.54, 1.807) is 0 Å². The Bertz CT molecular complexity index is 176. The summed E-state index contributed by atoms with van der Waals surface area (Å²) in [5, 5.41) is 0. The van der Waals surface area contributed by atoms with Crippen molar-refractivity contribution >= 4 is 0 Å². The number of likely N-dealkylation sites (tertiary alicyclic amines) is 1.